The molecule has 3 nitrogen and oxygen atoms in total. The third-order valence-electron chi connectivity index (χ3n) is 2.59. The topological polar surface area (TPSA) is 50.4 Å². The molecule has 0 saturated carbocycles. The molecular formula is C13H21N3. The Hall–Kier alpha value is -1.35. The van der Waals surface area contributed by atoms with E-state index in [2.05, 4.69) is 48.5 Å². The number of aliphatic imine (C=N–C) groups is 1. The molecule has 0 spiro atoms. The van der Waals surface area contributed by atoms with E-state index in [-0.39, 0.29) is 0 Å². The Morgan fingerprint density at radius 2 is 2.12 bits per heavy atom. The third kappa shape index (κ3) is 4.03. The molecule has 88 valence electrons. The van der Waals surface area contributed by atoms with Crippen LogP contribution >= 0.6 is 0 Å². The Balaban J connectivity index is 2.53. The summed E-state index contributed by atoms with van der Waals surface area (Å²) in [5.41, 5.74) is 5.37. The fraction of sp³-hybridized carbons (Fsp3) is 0.462. The standard InChI is InChI=1S/C13H21N3/c1-3-10-15-13(16-14)9-8-12-7-5-4-6-11(12)2/h4-7H,3,8-10,14H2,1-2H3,(H,15,16). The van der Waals surface area contributed by atoms with Crippen molar-refractivity contribution in [3.63, 3.8) is 0 Å². The van der Waals surface area contributed by atoms with Gasteiger partial charge in [-0.25, -0.2) is 5.84 Å². The number of hydrazine groups is 1. The van der Waals surface area contributed by atoms with Crippen molar-refractivity contribution in [3.05, 3.63) is 35.4 Å². The zero-order chi connectivity index (χ0) is 11.8. The van der Waals surface area contributed by atoms with Crippen molar-refractivity contribution in [2.45, 2.75) is 33.1 Å². The molecule has 1 aromatic rings. The van der Waals surface area contributed by atoms with Crippen molar-refractivity contribution >= 4 is 5.84 Å². The Kier molecular flexibility index (Phi) is 5.57. The molecule has 16 heavy (non-hydrogen) atoms. The van der Waals surface area contributed by atoms with Crippen molar-refractivity contribution in [3.8, 4) is 0 Å². The van der Waals surface area contributed by atoms with E-state index >= 15 is 0 Å². The molecular weight excluding hydrogens is 198 g/mol. The lowest BCUT2D eigenvalue weighted by Crippen LogP contribution is -2.31. The van der Waals surface area contributed by atoms with Crippen LogP contribution in [0.5, 0.6) is 0 Å². The Labute approximate surface area is 97.7 Å². The van der Waals surface area contributed by atoms with Gasteiger partial charge in [0.25, 0.3) is 0 Å². The lowest BCUT2D eigenvalue weighted by molar-refractivity contribution is 0.867. The highest BCUT2D eigenvalue weighted by atomic mass is 15.2. The Morgan fingerprint density at radius 3 is 2.75 bits per heavy atom. The highest BCUT2D eigenvalue weighted by Crippen LogP contribution is 2.09. The molecule has 0 aliphatic rings. The Bertz CT molecular complexity index is 345. The van der Waals surface area contributed by atoms with Gasteiger partial charge < -0.3 is 5.43 Å². The summed E-state index contributed by atoms with van der Waals surface area (Å²) < 4.78 is 0. The summed E-state index contributed by atoms with van der Waals surface area (Å²) in [5.74, 6) is 6.33. The molecule has 3 N–H and O–H groups in total. The van der Waals surface area contributed by atoms with Gasteiger partial charge in [-0.2, -0.15) is 0 Å². The summed E-state index contributed by atoms with van der Waals surface area (Å²) in [6.45, 7) is 5.08. The second kappa shape index (κ2) is 7.01. The zero-order valence-corrected chi connectivity index (χ0v) is 10.2. The van der Waals surface area contributed by atoms with Crippen LogP contribution in [0, 0.1) is 6.92 Å². The van der Waals surface area contributed by atoms with Crippen molar-refractivity contribution in [1.82, 2.24) is 5.43 Å². The minimum absolute atomic E-state index is 0.841. The van der Waals surface area contributed by atoms with Gasteiger partial charge >= 0.3 is 0 Å². The van der Waals surface area contributed by atoms with Crippen LogP contribution in [0.15, 0.2) is 29.3 Å². The molecule has 3 heteroatoms. The van der Waals surface area contributed by atoms with Crippen LogP contribution in [0.25, 0.3) is 0 Å². The van der Waals surface area contributed by atoms with Gasteiger partial charge in [0.1, 0.15) is 5.84 Å². The van der Waals surface area contributed by atoms with E-state index in [9.17, 15) is 0 Å². The summed E-state index contributed by atoms with van der Waals surface area (Å²) >= 11 is 0. The number of aryl methyl sites for hydroxylation is 2. The summed E-state index contributed by atoms with van der Waals surface area (Å²) in [6.07, 6.45) is 2.91. The largest absolute Gasteiger partial charge is 0.312 e. The molecule has 1 rings (SSSR count). The van der Waals surface area contributed by atoms with Gasteiger partial charge in [0, 0.05) is 13.0 Å². The second-order valence-corrected chi connectivity index (χ2v) is 3.90. The van der Waals surface area contributed by atoms with Crippen LogP contribution in [0.1, 0.15) is 30.9 Å². The number of amidine groups is 1. The van der Waals surface area contributed by atoms with E-state index in [4.69, 9.17) is 5.84 Å². The molecule has 0 heterocycles. The SMILES string of the molecule is CCCN=C(CCc1ccccc1C)NN. The maximum absolute atomic E-state index is 5.43. The van der Waals surface area contributed by atoms with E-state index in [1.54, 1.807) is 0 Å². The van der Waals surface area contributed by atoms with Gasteiger partial charge in [-0.15, -0.1) is 0 Å². The summed E-state index contributed by atoms with van der Waals surface area (Å²) in [6, 6.07) is 8.42. The van der Waals surface area contributed by atoms with Gasteiger partial charge in [-0.1, -0.05) is 31.2 Å². The molecule has 1 aromatic carbocycles. The fourth-order valence-corrected chi connectivity index (χ4v) is 1.59. The van der Waals surface area contributed by atoms with Gasteiger partial charge in [-0.05, 0) is 30.9 Å². The second-order valence-electron chi connectivity index (χ2n) is 3.90. The maximum atomic E-state index is 5.43. The predicted octanol–water partition coefficient (Wildman–Crippen LogP) is 2.20. The number of nitrogens with two attached hydrogens (primary N) is 1. The maximum Gasteiger partial charge on any atom is 0.111 e. The summed E-state index contributed by atoms with van der Waals surface area (Å²) in [7, 11) is 0. The number of benzene rings is 1. The number of nitrogens with zero attached hydrogens (tertiary/aromatic N) is 1. The van der Waals surface area contributed by atoms with Crippen molar-refractivity contribution in [2.24, 2.45) is 10.8 Å². The lowest BCUT2D eigenvalue weighted by Gasteiger charge is -2.07. The Morgan fingerprint density at radius 1 is 1.38 bits per heavy atom. The number of hydrogen-bond donors (Lipinski definition) is 2. The monoisotopic (exact) mass is 219 g/mol. The molecule has 0 aromatic heterocycles. The molecule has 0 bridgehead atoms. The van der Waals surface area contributed by atoms with Crippen molar-refractivity contribution in [2.75, 3.05) is 6.54 Å². The predicted molar refractivity (Wildman–Crippen MR) is 69.4 cm³/mol. The molecule has 0 fully saturated rings. The highest BCUT2D eigenvalue weighted by molar-refractivity contribution is 5.81. The first-order valence-corrected chi connectivity index (χ1v) is 5.82. The summed E-state index contributed by atoms with van der Waals surface area (Å²) in [5, 5.41) is 0. The van der Waals surface area contributed by atoms with Crippen LogP contribution in [0.4, 0.5) is 0 Å². The zero-order valence-electron chi connectivity index (χ0n) is 10.2. The summed E-state index contributed by atoms with van der Waals surface area (Å²) in [4.78, 5) is 4.39. The van der Waals surface area contributed by atoms with Crippen molar-refractivity contribution in [1.29, 1.82) is 0 Å². The van der Waals surface area contributed by atoms with E-state index in [1.165, 1.54) is 11.1 Å². The average Bonchev–Trinajstić information content (AvgIpc) is 2.31. The number of rotatable bonds is 5. The average molecular weight is 219 g/mol. The molecule has 0 aliphatic heterocycles. The van der Waals surface area contributed by atoms with E-state index in [1.807, 2.05) is 0 Å². The van der Waals surface area contributed by atoms with Gasteiger partial charge in [0.2, 0.25) is 0 Å². The third-order valence-corrected chi connectivity index (χ3v) is 2.59. The van der Waals surface area contributed by atoms with Crippen LogP contribution in [-0.4, -0.2) is 12.4 Å². The lowest BCUT2D eigenvalue weighted by atomic mass is 10.0. The molecule has 0 unspecified atom stereocenters. The fourth-order valence-electron chi connectivity index (χ4n) is 1.59. The molecule has 0 amide bonds. The van der Waals surface area contributed by atoms with Crippen LogP contribution in [0.3, 0.4) is 0 Å². The first-order chi connectivity index (χ1) is 7.77. The van der Waals surface area contributed by atoms with Crippen LogP contribution in [-0.2, 0) is 6.42 Å². The molecule has 0 saturated heterocycles. The van der Waals surface area contributed by atoms with Crippen LogP contribution in [0.2, 0.25) is 0 Å². The van der Waals surface area contributed by atoms with E-state index in [0.29, 0.717) is 0 Å². The minimum atomic E-state index is 0.841. The first kappa shape index (κ1) is 12.7. The molecule has 0 radical (unpaired) electrons. The number of nitrogens with one attached hydrogen (secondary N) is 1. The quantitative estimate of drug-likeness (QED) is 0.345. The normalized spacial score (nSPS) is 11.6. The first-order valence-electron chi connectivity index (χ1n) is 5.82. The smallest absolute Gasteiger partial charge is 0.111 e. The van der Waals surface area contributed by atoms with E-state index < -0.39 is 0 Å². The molecule has 0 atom stereocenters. The minimum Gasteiger partial charge on any atom is -0.312 e. The van der Waals surface area contributed by atoms with Gasteiger partial charge in [0.15, 0.2) is 0 Å². The highest BCUT2D eigenvalue weighted by Gasteiger charge is 2.00. The van der Waals surface area contributed by atoms with Crippen LogP contribution < -0.4 is 11.3 Å². The van der Waals surface area contributed by atoms with E-state index in [0.717, 1.165) is 31.6 Å². The van der Waals surface area contributed by atoms with Gasteiger partial charge in [0.05, 0.1) is 0 Å². The number of hydrogen-bond acceptors (Lipinski definition) is 2. The van der Waals surface area contributed by atoms with Gasteiger partial charge in [-0.3, -0.25) is 4.99 Å². The molecule has 0 aliphatic carbocycles. The van der Waals surface area contributed by atoms with Crippen molar-refractivity contribution < 1.29 is 0 Å².